The Kier molecular flexibility index (Phi) is 5.03. The van der Waals surface area contributed by atoms with Crippen LogP contribution in [0.3, 0.4) is 0 Å². The van der Waals surface area contributed by atoms with Crippen LogP contribution in [0.4, 0.5) is 0 Å². The number of aryl methyl sites for hydroxylation is 1. The molecule has 1 N–H and O–H groups in total. The van der Waals surface area contributed by atoms with Crippen molar-refractivity contribution < 1.29 is 19.4 Å². The van der Waals surface area contributed by atoms with Crippen LogP contribution in [0, 0.1) is 0 Å². The van der Waals surface area contributed by atoms with Crippen molar-refractivity contribution in [3.8, 4) is 22.6 Å². The molecule has 0 spiro atoms. The van der Waals surface area contributed by atoms with E-state index in [-0.39, 0.29) is 19.2 Å². The molecule has 0 amide bonds. The van der Waals surface area contributed by atoms with E-state index in [2.05, 4.69) is 25.1 Å². The van der Waals surface area contributed by atoms with Crippen LogP contribution in [0.5, 0.6) is 11.5 Å². The SMILES string of the molecule is CCc1ccc(CC(=O)C2(c3ccc4c(c3)OCO4)CC2)cc1-c1ccc(CO)cc1. The Morgan fingerprint density at radius 3 is 2.39 bits per heavy atom. The van der Waals surface area contributed by atoms with E-state index in [1.165, 1.54) is 5.56 Å². The molecule has 4 heteroatoms. The third-order valence-electron chi connectivity index (χ3n) is 6.58. The van der Waals surface area contributed by atoms with Gasteiger partial charge in [-0.05, 0) is 64.8 Å². The van der Waals surface area contributed by atoms with Gasteiger partial charge in [0.2, 0.25) is 6.79 Å². The van der Waals surface area contributed by atoms with Gasteiger partial charge in [-0.2, -0.15) is 0 Å². The molecule has 3 aromatic carbocycles. The summed E-state index contributed by atoms with van der Waals surface area (Å²) in [6.45, 7) is 2.42. The van der Waals surface area contributed by atoms with Crippen molar-refractivity contribution in [3.05, 3.63) is 82.9 Å². The zero-order chi connectivity index (χ0) is 21.4. The van der Waals surface area contributed by atoms with Gasteiger partial charge in [0.25, 0.3) is 0 Å². The molecular formula is C27H26O4. The highest BCUT2D eigenvalue weighted by molar-refractivity contribution is 5.95. The fraction of sp³-hybridized carbons (Fsp3) is 0.296. The van der Waals surface area contributed by atoms with E-state index in [1.54, 1.807) is 0 Å². The first kappa shape index (κ1) is 19.8. The molecule has 0 bridgehead atoms. The van der Waals surface area contributed by atoms with E-state index >= 15 is 0 Å². The van der Waals surface area contributed by atoms with Crippen molar-refractivity contribution in [2.75, 3.05) is 6.79 Å². The number of aliphatic hydroxyl groups is 1. The summed E-state index contributed by atoms with van der Waals surface area (Å²) in [6, 6.07) is 20.2. The predicted molar refractivity (Wildman–Crippen MR) is 119 cm³/mol. The van der Waals surface area contributed by atoms with Gasteiger partial charge in [0.1, 0.15) is 5.78 Å². The lowest BCUT2D eigenvalue weighted by atomic mass is 9.86. The lowest BCUT2D eigenvalue weighted by Crippen LogP contribution is -2.22. The molecule has 4 nitrogen and oxygen atoms in total. The first-order valence-corrected chi connectivity index (χ1v) is 10.9. The maximum Gasteiger partial charge on any atom is 0.231 e. The summed E-state index contributed by atoms with van der Waals surface area (Å²) in [4.78, 5) is 13.4. The second kappa shape index (κ2) is 7.86. The van der Waals surface area contributed by atoms with E-state index in [4.69, 9.17) is 9.47 Å². The largest absolute Gasteiger partial charge is 0.454 e. The van der Waals surface area contributed by atoms with Gasteiger partial charge in [0.05, 0.1) is 12.0 Å². The highest BCUT2D eigenvalue weighted by atomic mass is 16.7. The Morgan fingerprint density at radius 1 is 0.935 bits per heavy atom. The minimum absolute atomic E-state index is 0.0391. The van der Waals surface area contributed by atoms with Crippen LogP contribution in [0.15, 0.2) is 60.7 Å². The fourth-order valence-corrected chi connectivity index (χ4v) is 4.50. The average molecular weight is 415 g/mol. The minimum atomic E-state index is -0.395. The maximum absolute atomic E-state index is 13.4. The molecule has 0 unspecified atom stereocenters. The Labute approximate surface area is 182 Å². The molecule has 2 aliphatic rings. The van der Waals surface area contributed by atoms with E-state index in [9.17, 15) is 9.90 Å². The minimum Gasteiger partial charge on any atom is -0.454 e. The van der Waals surface area contributed by atoms with Crippen molar-refractivity contribution in [1.82, 2.24) is 0 Å². The molecule has 0 atom stereocenters. The highest BCUT2D eigenvalue weighted by Gasteiger charge is 2.50. The Bertz CT molecular complexity index is 1130. The summed E-state index contributed by atoms with van der Waals surface area (Å²) in [6.07, 6.45) is 3.11. The average Bonchev–Trinajstić information content (AvgIpc) is 3.50. The molecule has 3 aromatic rings. The third-order valence-corrected chi connectivity index (χ3v) is 6.58. The molecule has 1 aliphatic heterocycles. The number of Topliss-reactive ketones (excluding diaryl/α,β-unsaturated/α-hetero) is 1. The van der Waals surface area contributed by atoms with E-state index < -0.39 is 5.41 Å². The molecule has 1 aliphatic carbocycles. The van der Waals surface area contributed by atoms with Crippen LogP contribution in [-0.2, 0) is 29.7 Å². The van der Waals surface area contributed by atoms with Gasteiger partial charge >= 0.3 is 0 Å². The normalized spacial score (nSPS) is 15.7. The molecule has 0 radical (unpaired) electrons. The van der Waals surface area contributed by atoms with Crippen molar-refractivity contribution in [2.45, 2.75) is 44.6 Å². The Morgan fingerprint density at radius 2 is 1.68 bits per heavy atom. The van der Waals surface area contributed by atoms with E-state index in [1.807, 2.05) is 42.5 Å². The summed E-state index contributed by atoms with van der Waals surface area (Å²) in [5.74, 6) is 1.74. The van der Waals surface area contributed by atoms with Crippen LogP contribution in [-0.4, -0.2) is 17.7 Å². The van der Waals surface area contributed by atoms with Crippen LogP contribution < -0.4 is 9.47 Å². The van der Waals surface area contributed by atoms with Gasteiger partial charge in [-0.25, -0.2) is 0 Å². The first-order valence-electron chi connectivity index (χ1n) is 10.9. The van der Waals surface area contributed by atoms with Crippen molar-refractivity contribution in [2.24, 2.45) is 0 Å². The molecule has 31 heavy (non-hydrogen) atoms. The van der Waals surface area contributed by atoms with Crippen LogP contribution in [0.2, 0.25) is 0 Å². The number of carbonyl (C=O) groups excluding carboxylic acids is 1. The molecule has 1 fully saturated rings. The fourth-order valence-electron chi connectivity index (χ4n) is 4.50. The van der Waals surface area contributed by atoms with Gasteiger partial charge in [0, 0.05) is 6.42 Å². The lowest BCUT2D eigenvalue weighted by molar-refractivity contribution is -0.120. The second-order valence-corrected chi connectivity index (χ2v) is 8.45. The van der Waals surface area contributed by atoms with Crippen LogP contribution in [0.25, 0.3) is 11.1 Å². The number of hydrogen-bond donors (Lipinski definition) is 1. The standard InChI is InChI=1S/C27H26O4/c1-2-20-6-5-19(13-23(20)21-7-3-18(16-28)4-8-21)14-26(29)27(11-12-27)22-9-10-24-25(15-22)31-17-30-24/h3-10,13,15,28H,2,11-12,14,16-17H2,1H3. The summed E-state index contributed by atoms with van der Waals surface area (Å²) in [7, 11) is 0. The smallest absolute Gasteiger partial charge is 0.231 e. The summed E-state index contributed by atoms with van der Waals surface area (Å²) >= 11 is 0. The molecule has 5 rings (SSSR count). The quantitative estimate of drug-likeness (QED) is 0.592. The zero-order valence-electron chi connectivity index (χ0n) is 17.7. The second-order valence-electron chi connectivity index (χ2n) is 8.45. The van der Waals surface area contributed by atoms with Crippen molar-refractivity contribution in [3.63, 3.8) is 0 Å². The predicted octanol–water partition coefficient (Wildman–Crippen LogP) is 4.98. The molecule has 158 valence electrons. The summed E-state index contributed by atoms with van der Waals surface area (Å²) < 4.78 is 10.9. The van der Waals surface area contributed by atoms with E-state index in [0.29, 0.717) is 6.42 Å². The van der Waals surface area contributed by atoms with Crippen LogP contribution >= 0.6 is 0 Å². The van der Waals surface area contributed by atoms with E-state index in [0.717, 1.165) is 58.6 Å². The zero-order valence-corrected chi connectivity index (χ0v) is 17.7. The highest BCUT2D eigenvalue weighted by Crippen LogP contribution is 2.51. The summed E-state index contributed by atoms with van der Waals surface area (Å²) in [5, 5.41) is 9.32. The first-order chi connectivity index (χ1) is 15.1. The van der Waals surface area contributed by atoms with Gasteiger partial charge in [-0.1, -0.05) is 55.5 Å². The third kappa shape index (κ3) is 3.61. The molecular weight excluding hydrogens is 388 g/mol. The Hall–Kier alpha value is -3.11. The Balaban J connectivity index is 1.41. The topological polar surface area (TPSA) is 55.8 Å². The molecule has 0 saturated heterocycles. The number of benzene rings is 3. The van der Waals surface area contributed by atoms with Crippen molar-refractivity contribution >= 4 is 5.78 Å². The van der Waals surface area contributed by atoms with Gasteiger partial charge in [-0.3, -0.25) is 4.79 Å². The lowest BCUT2D eigenvalue weighted by Gasteiger charge is -2.16. The monoisotopic (exact) mass is 414 g/mol. The van der Waals surface area contributed by atoms with Crippen molar-refractivity contribution in [1.29, 1.82) is 0 Å². The van der Waals surface area contributed by atoms with Gasteiger partial charge in [-0.15, -0.1) is 0 Å². The number of fused-ring (bicyclic) bond motifs is 1. The number of carbonyl (C=O) groups is 1. The molecule has 0 aromatic heterocycles. The number of ether oxygens (including phenoxy) is 2. The van der Waals surface area contributed by atoms with Gasteiger partial charge < -0.3 is 14.6 Å². The number of rotatable bonds is 7. The molecule has 1 heterocycles. The van der Waals surface area contributed by atoms with Crippen LogP contribution in [0.1, 0.15) is 42.0 Å². The number of aliphatic hydroxyl groups excluding tert-OH is 1. The number of ketones is 1. The molecule has 1 saturated carbocycles. The maximum atomic E-state index is 13.4. The van der Waals surface area contributed by atoms with Gasteiger partial charge in [0.15, 0.2) is 11.5 Å². The summed E-state index contributed by atoms with van der Waals surface area (Å²) in [5.41, 5.74) is 6.10. The number of hydrogen-bond acceptors (Lipinski definition) is 4.